The number of nitriles is 1. The fraction of sp³-hybridized carbons (Fsp3) is 0.312. The number of rotatable bonds is 8. The molecule has 2 saturated carbocycles. The van der Waals surface area contributed by atoms with Crippen LogP contribution in [0, 0.1) is 18.3 Å². The normalized spacial score (nSPS) is 20.3. The Kier molecular flexibility index (Phi) is 6.82. The van der Waals surface area contributed by atoms with E-state index < -0.39 is 22.5 Å². The van der Waals surface area contributed by atoms with E-state index in [1.165, 1.54) is 11.1 Å². The number of nitrogens with zero attached hydrogens (tertiary/aromatic N) is 5. The lowest BCUT2D eigenvalue weighted by Gasteiger charge is -2.27. The summed E-state index contributed by atoms with van der Waals surface area (Å²) >= 11 is 14.2. The van der Waals surface area contributed by atoms with Crippen molar-refractivity contribution in [3.8, 4) is 6.07 Å². The molecule has 228 valence electrons. The molecule has 2 aromatic heterocycles. The molecule has 0 spiro atoms. The van der Waals surface area contributed by atoms with Crippen molar-refractivity contribution in [1.82, 2.24) is 25.2 Å². The van der Waals surface area contributed by atoms with E-state index in [4.69, 9.17) is 23.2 Å². The number of benzene rings is 2. The maximum atomic E-state index is 14.3. The first kappa shape index (κ1) is 29.5. The number of imidazole rings is 1. The number of hydrogen-bond donors (Lipinski definition) is 2. The Morgan fingerprint density at radius 2 is 1.76 bits per heavy atom. The average molecular weight is 661 g/mol. The van der Waals surface area contributed by atoms with Crippen molar-refractivity contribution in [2.24, 2.45) is 0 Å². The SMILES string of the molecule is Cc1nc(C2(NC(=O)C3(NC(=O)c4cnc5n4[C@](C)(Cc4ccc(C#N)cc4)C(=O)N5c4cc(Cl)cc(Cl)c4)CC3)CC2)cs1. The highest BCUT2D eigenvalue weighted by atomic mass is 35.5. The van der Waals surface area contributed by atoms with E-state index in [9.17, 15) is 19.6 Å². The smallest absolute Gasteiger partial charge is 0.270 e. The standard InChI is InChI=1S/C32H27Cl2N7O3S/c1-18-37-25(17-45-18)31(7-8-31)39-27(43)32(9-10-32)38-26(42)24-16-36-29-40(23-12-21(33)11-22(34)13-23)28(44)30(2,41(24)29)14-19-3-5-20(15-35)6-4-19/h3-6,11-13,16-17H,7-10,14H2,1-2H3,(H,38,42)(H,39,43)/t30-/m1/s1. The third-order valence-electron chi connectivity index (χ3n) is 8.82. The maximum Gasteiger partial charge on any atom is 0.270 e. The van der Waals surface area contributed by atoms with Gasteiger partial charge in [-0.25, -0.2) is 14.9 Å². The first-order valence-electron chi connectivity index (χ1n) is 14.4. The summed E-state index contributed by atoms with van der Waals surface area (Å²) < 4.78 is 1.62. The highest BCUT2D eigenvalue weighted by molar-refractivity contribution is 7.09. The molecular weight excluding hydrogens is 633 g/mol. The predicted molar refractivity (Wildman–Crippen MR) is 170 cm³/mol. The highest BCUT2D eigenvalue weighted by Crippen LogP contribution is 2.48. The minimum absolute atomic E-state index is 0.139. The van der Waals surface area contributed by atoms with Crippen molar-refractivity contribution in [3.05, 3.63) is 91.6 Å². The summed E-state index contributed by atoms with van der Waals surface area (Å²) in [6, 6.07) is 13.8. The molecule has 0 radical (unpaired) electrons. The van der Waals surface area contributed by atoms with E-state index in [1.807, 2.05) is 12.3 Å². The molecule has 3 amide bonds. The van der Waals surface area contributed by atoms with Crippen LogP contribution in [-0.4, -0.2) is 37.8 Å². The first-order chi connectivity index (χ1) is 21.5. The summed E-state index contributed by atoms with van der Waals surface area (Å²) in [5.41, 5.74) is -0.170. The van der Waals surface area contributed by atoms with Gasteiger partial charge in [-0.1, -0.05) is 35.3 Å². The van der Waals surface area contributed by atoms with Gasteiger partial charge in [0.25, 0.3) is 11.8 Å². The van der Waals surface area contributed by atoms with E-state index >= 15 is 0 Å². The number of amides is 3. The van der Waals surface area contributed by atoms with Gasteiger partial charge in [-0.2, -0.15) is 5.26 Å². The van der Waals surface area contributed by atoms with E-state index in [1.54, 1.807) is 65.3 Å². The van der Waals surface area contributed by atoms with Crippen LogP contribution in [-0.2, 0) is 27.1 Å². The topological polar surface area (TPSA) is 133 Å². The molecule has 1 atom stereocenters. The quantitative estimate of drug-likeness (QED) is 0.256. The largest absolute Gasteiger partial charge is 0.343 e. The van der Waals surface area contributed by atoms with Gasteiger partial charge in [0.2, 0.25) is 11.9 Å². The maximum absolute atomic E-state index is 14.3. The van der Waals surface area contributed by atoms with Crippen LogP contribution >= 0.6 is 34.5 Å². The molecule has 2 fully saturated rings. The van der Waals surface area contributed by atoms with Crippen LogP contribution in [0.4, 0.5) is 11.6 Å². The number of fused-ring (bicyclic) bond motifs is 1. The number of nitrogens with one attached hydrogen (secondary N) is 2. The van der Waals surface area contributed by atoms with Gasteiger partial charge in [0.1, 0.15) is 16.8 Å². The van der Waals surface area contributed by atoms with Gasteiger partial charge in [-0.05, 0) is 75.4 Å². The van der Waals surface area contributed by atoms with E-state index in [0.29, 0.717) is 34.1 Å². The fourth-order valence-electron chi connectivity index (χ4n) is 6.03. The predicted octanol–water partition coefficient (Wildman–Crippen LogP) is 5.53. The van der Waals surface area contributed by atoms with Crippen molar-refractivity contribution in [2.45, 2.75) is 62.6 Å². The molecule has 2 aliphatic carbocycles. The average Bonchev–Trinajstić information content (AvgIpc) is 3.84. The molecule has 0 bridgehead atoms. The van der Waals surface area contributed by atoms with Gasteiger partial charge in [0.05, 0.1) is 39.8 Å². The van der Waals surface area contributed by atoms with Gasteiger partial charge in [-0.3, -0.25) is 19.0 Å². The van der Waals surface area contributed by atoms with Crippen molar-refractivity contribution >= 4 is 63.9 Å². The fourth-order valence-corrected chi connectivity index (χ4v) is 7.26. The second kappa shape index (κ2) is 10.4. The van der Waals surface area contributed by atoms with E-state index in [2.05, 4.69) is 26.7 Å². The number of thiazole rings is 1. The zero-order valence-electron chi connectivity index (χ0n) is 24.4. The van der Waals surface area contributed by atoms with Gasteiger partial charge in [0.15, 0.2) is 0 Å². The van der Waals surface area contributed by atoms with Crippen LogP contribution < -0.4 is 15.5 Å². The summed E-state index contributed by atoms with van der Waals surface area (Å²) in [5, 5.41) is 19.0. The third kappa shape index (κ3) is 4.97. The van der Waals surface area contributed by atoms with Crippen molar-refractivity contribution < 1.29 is 14.4 Å². The van der Waals surface area contributed by atoms with Crippen LogP contribution in [0.2, 0.25) is 10.0 Å². The lowest BCUT2D eigenvalue weighted by molar-refractivity contribution is -0.125. The van der Waals surface area contributed by atoms with Crippen LogP contribution in [0.15, 0.2) is 54.0 Å². The molecule has 3 aliphatic rings. The second-order valence-corrected chi connectivity index (χ2v) is 14.1. The summed E-state index contributed by atoms with van der Waals surface area (Å²) in [7, 11) is 0. The number of carbonyl (C=O) groups excluding carboxylic acids is 3. The highest BCUT2D eigenvalue weighted by Gasteiger charge is 2.57. The Labute approximate surface area is 273 Å². The van der Waals surface area contributed by atoms with Gasteiger partial charge < -0.3 is 10.6 Å². The molecule has 4 aromatic rings. The number of aryl methyl sites for hydroxylation is 1. The van der Waals surface area contributed by atoms with Gasteiger partial charge in [0, 0.05) is 21.8 Å². The Morgan fingerprint density at radius 1 is 1.07 bits per heavy atom. The van der Waals surface area contributed by atoms with Crippen molar-refractivity contribution in [1.29, 1.82) is 5.26 Å². The molecule has 2 aromatic carbocycles. The molecule has 10 nitrogen and oxygen atoms in total. The molecule has 7 rings (SSSR count). The molecule has 0 unspecified atom stereocenters. The molecule has 13 heteroatoms. The molecule has 0 saturated heterocycles. The molecule has 2 N–H and O–H groups in total. The van der Waals surface area contributed by atoms with Crippen molar-refractivity contribution in [2.75, 3.05) is 4.90 Å². The Morgan fingerprint density at radius 3 is 2.33 bits per heavy atom. The van der Waals surface area contributed by atoms with E-state index in [0.717, 1.165) is 29.1 Å². The van der Waals surface area contributed by atoms with Gasteiger partial charge >= 0.3 is 0 Å². The van der Waals surface area contributed by atoms with Crippen LogP contribution in [0.25, 0.3) is 0 Å². The number of aromatic nitrogens is 3. The number of hydrogen-bond acceptors (Lipinski definition) is 7. The number of halogens is 2. The van der Waals surface area contributed by atoms with Crippen LogP contribution in [0.3, 0.4) is 0 Å². The lowest BCUT2D eigenvalue weighted by atomic mass is 9.91. The zero-order valence-corrected chi connectivity index (χ0v) is 26.7. The van der Waals surface area contributed by atoms with Gasteiger partial charge in [-0.15, -0.1) is 11.3 Å². The number of carbonyl (C=O) groups is 3. The minimum Gasteiger partial charge on any atom is -0.343 e. The third-order valence-corrected chi connectivity index (χ3v) is 10.0. The lowest BCUT2D eigenvalue weighted by Crippen LogP contribution is -2.52. The summed E-state index contributed by atoms with van der Waals surface area (Å²) in [4.78, 5) is 52.4. The minimum atomic E-state index is -1.29. The molecule has 1 aliphatic heterocycles. The summed E-state index contributed by atoms with van der Waals surface area (Å²) in [6.07, 6.45) is 4.19. The van der Waals surface area contributed by atoms with Crippen molar-refractivity contribution in [3.63, 3.8) is 0 Å². The Bertz CT molecular complexity index is 1920. The van der Waals surface area contributed by atoms with Crippen LogP contribution in [0.1, 0.15) is 64.9 Å². The molecule has 45 heavy (non-hydrogen) atoms. The second-order valence-electron chi connectivity index (χ2n) is 12.1. The molecule has 3 heterocycles. The monoisotopic (exact) mass is 659 g/mol. The Hall–Kier alpha value is -4.24. The van der Waals surface area contributed by atoms with E-state index in [-0.39, 0.29) is 29.9 Å². The van der Waals surface area contributed by atoms with Crippen LogP contribution in [0.5, 0.6) is 0 Å². The summed E-state index contributed by atoms with van der Waals surface area (Å²) in [6.45, 7) is 3.68. The Balaban J connectivity index is 1.22. The first-order valence-corrected chi connectivity index (χ1v) is 16.1. The molecular formula is C32H27Cl2N7O3S. The number of anilines is 2. The summed E-state index contributed by atoms with van der Waals surface area (Å²) in [5.74, 6) is -0.868. The zero-order chi connectivity index (χ0) is 31.7.